The Labute approximate surface area is 192 Å². The number of carbonyl (C=O) groups excluding carboxylic acids is 1. The lowest BCUT2D eigenvalue weighted by Gasteiger charge is -2.09. The van der Waals surface area contributed by atoms with Crippen molar-refractivity contribution in [3.8, 4) is 28.8 Å². The summed E-state index contributed by atoms with van der Waals surface area (Å²) in [5.41, 5.74) is 4.66. The molecule has 0 atom stereocenters. The molecule has 1 aromatic heterocycles. The van der Waals surface area contributed by atoms with Gasteiger partial charge in [0.05, 0.1) is 18.5 Å². The van der Waals surface area contributed by atoms with E-state index in [0.29, 0.717) is 22.7 Å². The monoisotopic (exact) mass is 434 g/mol. The van der Waals surface area contributed by atoms with E-state index in [1.165, 1.54) is 7.11 Å². The fraction of sp³-hybridized carbons (Fsp3) is 0.0741. The van der Waals surface area contributed by atoms with E-state index in [1.807, 2.05) is 79.9 Å². The second-order valence-electron chi connectivity index (χ2n) is 7.35. The van der Waals surface area contributed by atoms with E-state index in [1.54, 1.807) is 29.0 Å². The maximum absolute atomic E-state index is 12.9. The zero-order valence-corrected chi connectivity index (χ0v) is 18.3. The van der Waals surface area contributed by atoms with Crippen LogP contribution in [0.25, 0.3) is 23.0 Å². The fourth-order valence-corrected chi connectivity index (χ4v) is 3.50. The number of hydrogen-bond acceptors (Lipinski definition) is 4. The predicted octanol–water partition coefficient (Wildman–Crippen LogP) is 5.40. The summed E-state index contributed by atoms with van der Waals surface area (Å²) in [6, 6.07) is 26.7. The van der Waals surface area contributed by atoms with Crippen molar-refractivity contribution in [3.63, 3.8) is 0 Å². The SMILES string of the molecule is COc1ccccc1NC(=O)/C(C#N)=C/c1cn(-c2ccccc2)nc1-c1ccccc1C. The number of aryl methyl sites for hydroxylation is 1. The molecule has 6 nitrogen and oxygen atoms in total. The van der Waals surface area contributed by atoms with E-state index in [2.05, 4.69) is 5.32 Å². The molecule has 6 heteroatoms. The van der Waals surface area contributed by atoms with Gasteiger partial charge in [0.2, 0.25) is 0 Å². The Morgan fingerprint density at radius 1 is 1.03 bits per heavy atom. The molecule has 0 radical (unpaired) electrons. The molecule has 33 heavy (non-hydrogen) atoms. The molecule has 0 saturated heterocycles. The standard InChI is InChI=1S/C27H22N4O2/c1-19-10-6-7-13-23(19)26-21(18-31(30-26)22-11-4-3-5-12-22)16-20(17-28)27(32)29-24-14-8-9-15-25(24)33-2/h3-16,18H,1-2H3,(H,29,32)/b20-16+. The van der Waals surface area contributed by atoms with Crippen LogP contribution in [0.2, 0.25) is 0 Å². The van der Waals surface area contributed by atoms with Crippen molar-refractivity contribution in [2.45, 2.75) is 6.92 Å². The van der Waals surface area contributed by atoms with E-state index >= 15 is 0 Å². The largest absolute Gasteiger partial charge is 0.495 e. The normalized spacial score (nSPS) is 11.0. The van der Waals surface area contributed by atoms with Gasteiger partial charge in [-0.15, -0.1) is 0 Å². The number of rotatable bonds is 6. The fourth-order valence-electron chi connectivity index (χ4n) is 3.50. The summed E-state index contributed by atoms with van der Waals surface area (Å²) >= 11 is 0. The molecule has 1 amide bonds. The van der Waals surface area contributed by atoms with Gasteiger partial charge in [0.25, 0.3) is 5.91 Å². The Hall–Kier alpha value is -4.63. The van der Waals surface area contributed by atoms with Gasteiger partial charge in [-0.25, -0.2) is 4.68 Å². The Morgan fingerprint density at radius 3 is 2.45 bits per heavy atom. The number of nitrogens with one attached hydrogen (secondary N) is 1. The van der Waals surface area contributed by atoms with E-state index < -0.39 is 5.91 Å². The van der Waals surface area contributed by atoms with Gasteiger partial charge in [-0.1, -0.05) is 54.6 Å². The topological polar surface area (TPSA) is 79.9 Å². The first-order chi connectivity index (χ1) is 16.1. The summed E-state index contributed by atoms with van der Waals surface area (Å²) in [5.74, 6) is -0.00849. The number of aromatic nitrogens is 2. The molecule has 0 aliphatic heterocycles. The molecule has 0 bridgehead atoms. The summed E-state index contributed by atoms with van der Waals surface area (Å²) in [7, 11) is 1.53. The molecule has 4 rings (SSSR count). The van der Waals surface area contributed by atoms with Crippen molar-refractivity contribution in [2.75, 3.05) is 12.4 Å². The van der Waals surface area contributed by atoms with Gasteiger partial charge >= 0.3 is 0 Å². The number of para-hydroxylation sites is 3. The van der Waals surface area contributed by atoms with Crippen molar-refractivity contribution in [1.29, 1.82) is 5.26 Å². The molecule has 0 unspecified atom stereocenters. The zero-order chi connectivity index (χ0) is 23.2. The van der Waals surface area contributed by atoms with Gasteiger partial charge < -0.3 is 10.1 Å². The minimum atomic E-state index is -0.523. The third-order valence-corrected chi connectivity index (χ3v) is 5.18. The van der Waals surface area contributed by atoms with E-state index in [9.17, 15) is 10.1 Å². The minimum absolute atomic E-state index is 0.0386. The highest BCUT2D eigenvalue weighted by Crippen LogP contribution is 2.29. The van der Waals surface area contributed by atoms with Gasteiger partial charge in [-0.2, -0.15) is 10.4 Å². The van der Waals surface area contributed by atoms with Gasteiger partial charge in [-0.3, -0.25) is 4.79 Å². The Balaban J connectivity index is 1.77. The molecule has 0 aliphatic carbocycles. The van der Waals surface area contributed by atoms with Crippen LogP contribution in [0.3, 0.4) is 0 Å². The van der Waals surface area contributed by atoms with Crippen LogP contribution >= 0.6 is 0 Å². The quantitative estimate of drug-likeness (QED) is 0.325. The van der Waals surface area contributed by atoms with Crippen LogP contribution in [-0.2, 0) is 4.79 Å². The lowest BCUT2D eigenvalue weighted by Crippen LogP contribution is -2.14. The zero-order valence-electron chi connectivity index (χ0n) is 18.3. The first kappa shape index (κ1) is 21.6. The van der Waals surface area contributed by atoms with Gasteiger partial charge in [0.15, 0.2) is 0 Å². The number of nitrogens with zero attached hydrogens (tertiary/aromatic N) is 3. The number of methoxy groups -OCH3 is 1. The lowest BCUT2D eigenvalue weighted by molar-refractivity contribution is -0.112. The number of benzene rings is 3. The smallest absolute Gasteiger partial charge is 0.266 e. The maximum atomic E-state index is 12.9. The molecule has 0 saturated carbocycles. The number of amides is 1. The molecular weight excluding hydrogens is 412 g/mol. The lowest BCUT2D eigenvalue weighted by atomic mass is 10.0. The van der Waals surface area contributed by atoms with E-state index in [-0.39, 0.29) is 5.57 Å². The van der Waals surface area contributed by atoms with Gasteiger partial charge in [-0.05, 0) is 42.8 Å². The molecule has 162 valence electrons. The first-order valence-electron chi connectivity index (χ1n) is 10.4. The van der Waals surface area contributed by atoms with E-state index in [4.69, 9.17) is 9.84 Å². The van der Waals surface area contributed by atoms with Gasteiger partial charge in [0.1, 0.15) is 23.1 Å². The molecule has 1 N–H and O–H groups in total. The maximum Gasteiger partial charge on any atom is 0.266 e. The third kappa shape index (κ3) is 4.68. The van der Waals surface area contributed by atoms with Crippen molar-refractivity contribution in [2.24, 2.45) is 0 Å². The molecule has 0 fully saturated rings. The average molecular weight is 434 g/mol. The van der Waals surface area contributed by atoms with Crippen LogP contribution in [-0.4, -0.2) is 22.8 Å². The molecule has 3 aromatic carbocycles. The summed E-state index contributed by atoms with van der Waals surface area (Å²) in [5, 5.41) is 17.3. The average Bonchev–Trinajstić information content (AvgIpc) is 3.27. The number of ether oxygens (including phenoxy) is 1. The first-order valence-corrected chi connectivity index (χ1v) is 10.4. The van der Waals surface area contributed by atoms with Crippen molar-refractivity contribution in [1.82, 2.24) is 9.78 Å². The number of carbonyl (C=O) groups is 1. The van der Waals surface area contributed by atoms with Crippen LogP contribution in [0.15, 0.2) is 90.6 Å². The molecule has 0 spiro atoms. The third-order valence-electron chi connectivity index (χ3n) is 5.18. The molecule has 4 aromatic rings. The predicted molar refractivity (Wildman–Crippen MR) is 129 cm³/mol. The molecule has 1 heterocycles. The molecular formula is C27H22N4O2. The van der Waals surface area contributed by atoms with Crippen LogP contribution < -0.4 is 10.1 Å². The summed E-state index contributed by atoms with van der Waals surface area (Å²) in [6.45, 7) is 2.00. The highest BCUT2D eigenvalue weighted by molar-refractivity contribution is 6.10. The summed E-state index contributed by atoms with van der Waals surface area (Å²) in [6.07, 6.45) is 3.39. The Morgan fingerprint density at radius 2 is 1.73 bits per heavy atom. The Bertz CT molecular complexity index is 1360. The number of anilines is 1. The second kappa shape index (κ2) is 9.67. The molecule has 0 aliphatic rings. The minimum Gasteiger partial charge on any atom is -0.495 e. The number of hydrogen-bond donors (Lipinski definition) is 1. The second-order valence-corrected chi connectivity index (χ2v) is 7.35. The van der Waals surface area contributed by atoms with Crippen molar-refractivity contribution in [3.05, 3.63) is 102 Å². The van der Waals surface area contributed by atoms with Crippen LogP contribution in [0.4, 0.5) is 5.69 Å². The Kier molecular flexibility index (Phi) is 6.33. The van der Waals surface area contributed by atoms with Crippen molar-refractivity contribution < 1.29 is 9.53 Å². The van der Waals surface area contributed by atoms with Gasteiger partial charge in [0, 0.05) is 17.3 Å². The highest BCUT2D eigenvalue weighted by atomic mass is 16.5. The number of nitriles is 1. The van der Waals surface area contributed by atoms with Crippen LogP contribution in [0, 0.1) is 18.3 Å². The van der Waals surface area contributed by atoms with Crippen LogP contribution in [0.1, 0.15) is 11.1 Å². The summed E-state index contributed by atoms with van der Waals surface area (Å²) in [4.78, 5) is 12.9. The highest BCUT2D eigenvalue weighted by Gasteiger charge is 2.17. The van der Waals surface area contributed by atoms with Crippen molar-refractivity contribution >= 4 is 17.7 Å². The van der Waals surface area contributed by atoms with Crippen LogP contribution in [0.5, 0.6) is 5.75 Å². The van der Waals surface area contributed by atoms with E-state index in [0.717, 1.165) is 16.8 Å². The summed E-state index contributed by atoms with van der Waals surface area (Å²) < 4.78 is 7.04.